The Labute approximate surface area is 115 Å². The summed E-state index contributed by atoms with van der Waals surface area (Å²) in [7, 11) is 0. The van der Waals surface area contributed by atoms with Crippen LogP contribution in [0.15, 0.2) is 28.7 Å². The summed E-state index contributed by atoms with van der Waals surface area (Å²) in [5, 5.41) is 4.91. The van der Waals surface area contributed by atoms with Gasteiger partial charge in [0.05, 0.1) is 0 Å². The first-order valence-corrected chi connectivity index (χ1v) is 7.42. The molecule has 1 N–H and O–H groups in total. The molecular weight excluding hydrogens is 234 g/mol. The van der Waals surface area contributed by atoms with E-state index in [1.165, 1.54) is 36.6 Å². The van der Waals surface area contributed by atoms with Gasteiger partial charge in [0.15, 0.2) is 0 Å². The van der Waals surface area contributed by atoms with Crippen molar-refractivity contribution in [3.05, 3.63) is 35.6 Å². The molecule has 0 amide bonds. The summed E-state index contributed by atoms with van der Waals surface area (Å²) in [6.45, 7) is 6.45. The number of rotatable bonds is 5. The minimum atomic E-state index is 0.577. The number of aryl methyl sites for hydroxylation is 1. The molecule has 0 saturated heterocycles. The van der Waals surface area contributed by atoms with Gasteiger partial charge in [-0.1, -0.05) is 31.5 Å². The van der Waals surface area contributed by atoms with Crippen LogP contribution in [0.1, 0.15) is 43.9 Å². The van der Waals surface area contributed by atoms with Crippen molar-refractivity contribution in [3.63, 3.8) is 0 Å². The molecule has 19 heavy (non-hydrogen) atoms. The lowest BCUT2D eigenvalue weighted by molar-refractivity contribution is 0.124. The van der Waals surface area contributed by atoms with Gasteiger partial charge in [-0.05, 0) is 37.7 Å². The highest BCUT2D eigenvalue weighted by Crippen LogP contribution is 2.43. The molecule has 0 atom stereocenters. The Morgan fingerprint density at radius 2 is 2.05 bits per heavy atom. The van der Waals surface area contributed by atoms with Crippen molar-refractivity contribution < 1.29 is 4.42 Å². The van der Waals surface area contributed by atoms with E-state index < -0.39 is 0 Å². The molecule has 1 fully saturated rings. The Bertz CT molecular complexity index is 560. The Balaban J connectivity index is 1.70. The zero-order chi connectivity index (χ0) is 13.3. The molecule has 2 aromatic rings. The van der Waals surface area contributed by atoms with Crippen LogP contribution in [-0.4, -0.2) is 6.54 Å². The zero-order valence-corrected chi connectivity index (χ0v) is 12.0. The molecule has 1 aromatic heterocycles. The minimum Gasteiger partial charge on any atom is -0.461 e. The Hall–Kier alpha value is -1.28. The third-order valence-electron chi connectivity index (χ3n) is 4.87. The van der Waals surface area contributed by atoms with E-state index in [2.05, 4.69) is 31.3 Å². The molecule has 0 unspecified atom stereocenters. The number of hydrogen-bond acceptors (Lipinski definition) is 2. The predicted molar refractivity (Wildman–Crippen MR) is 79.2 cm³/mol. The zero-order valence-electron chi connectivity index (χ0n) is 12.0. The van der Waals surface area contributed by atoms with E-state index >= 15 is 0 Å². The van der Waals surface area contributed by atoms with Crippen molar-refractivity contribution in [2.45, 2.75) is 46.1 Å². The van der Waals surface area contributed by atoms with Crippen LogP contribution in [-0.2, 0) is 6.54 Å². The number of fused-ring (bicyclic) bond motifs is 1. The summed E-state index contributed by atoms with van der Waals surface area (Å²) in [5.41, 5.74) is 2.90. The van der Waals surface area contributed by atoms with Gasteiger partial charge in [-0.3, -0.25) is 0 Å². The van der Waals surface area contributed by atoms with Gasteiger partial charge in [-0.2, -0.15) is 0 Å². The van der Waals surface area contributed by atoms with E-state index in [1.807, 2.05) is 12.1 Å². The lowest BCUT2D eigenvalue weighted by Gasteiger charge is -2.41. The van der Waals surface area contributed by atoms with Crippen molar-refractivity contribution in [2.75, 3.05) is 6.54 Å². The average Bonchev–Trinajstić information content (AvgIpc) is 2.69. The van der Waals surface area contributed by atoms with Crippen molar-refractivity contribution in [3.8, 4) is 0 Å². The second-order valence-electron chi connectivity index (χ2n) is 5.94. The molecule has 0 spiro atoms. The third-order valence-corrected chi connectivity index (χ3v) is 4.87. The fourth-order valence-corrected chi connectivity index (χ4v) is 3.23. The van der Waals surface area contributed by atoms with Crippen LogP contribution in [0.25, 0.3) is 11.0 Å². The average molecular weight is 257 g/mol. The van der Waals surface area contributed by atoms with Gasteiger partial charge in [0.2, 0.25) is 0 Å². The summed E-state index contributed by atoms with van der Waals surface area (Å²) in [4.78, 5) is 0. The van der Waals surface area contributed by atoms with Crippen LogP contribution in [0.3, 0.4) is 0 Å². The maximum absolute atomic E-state index is 5.81. The highest BCUT2D eigenvalue weighted by molar-refractivity contribution is 5.82. The van der Waals surface area contributed by atoms with E-state index in [4.69, 9.17) is 4.42 Å². The maximum atomic E-state index is 5.81. The molecule has 3 rings (SSSR count). The summed E-state index contributed by atoms with van der Waals surface area (Å²) in [6, 6.07) is 8.32. The molecule has 2 nitrogen and oxygen atoms in total. The van der Waals surface area contributed by atoms with E-state index in [-0.39, 0.29) is 0 Å². The lowest BCUT2D eigenvalue weighted by Crippen LogP contribution is -2.39. The van der Waals surface area contributed by atoms with Crippen LogP contribution in [0.2, 0.25) is 0 Å². The predicted octanol–water partition coefficient (Wildman–Crippen LogP) is 4.41. The van der Waals surface area contributed by atoms with Gasteiger partial charge in [-0.15, -0.1) is 0 Å². The molecule has 0 aliphatic heterocycles. The first-order valence-electron chi connectivity index (χ1n) is 7.42. The lowest BCUT2D eigenvalue weighted by atomic mass is 9.67. The van der Waals surface area contributed by atoms with Gasteiger partial charge in [0.1, 0.15) is 11.3 Å². The number of hydrogen-bond donors (Lipinski definition) is 1. The first-order chi connectivity index (χ1) is 9.24. The van der Waals surface area contributed by atoms with Crippen LogP contribution >= 0.6 is 0 Å². The van der Waals surface area contributed by atoms with E-state index in [9.17, 15) is 0 Å². The standard InChI is InChI=1S/C17H23NO/c1-3-17(9-6-10-17)12-18-11-15-13(2)19-16-8-5-4-7-14(15)16/h4-5,7-8,18H,3,6,9-12H2,1-2H3. The van der Waals surface area contributed by atoms with Gasteiger partial charge in [0.25, 0.3) is 0 Å². The number of furan rings is 1. The number of nitrogens with one attached hydrogen (secondary N) is 1. The molecule has 102 valence electrons. The van der Waals surface area contributed by atoms with Gasteiger partial charge in [0, 0.05) is 24.0 Å². The van der Waals surface area contributed by atoms with E-state index in [1.54, 1.807) is 0 Å². The minimum absolute atomic E-state index is 0.577. The topological polar surface area (TPSA) is 25.2 Å². The molecule has 1 aromatic carbocycles. The fraction of sp³-hybridized carbons (Fsp3) is 0.529. The summed E-state index contributed by atoms with van der Waals surface area (Å²) < 4.78 is 5.81. The number of benzene rings is 1. The van der Waals surface area contributed by atoms with Crippen molar-refractivity contribution >= 4 is 11.0 Å². The van der Waals surface area contributed by atoms with Crippen LogP contribution in [0.5, 0.6) is 0 Å². The largest absolute Gasteiger partial charge is 0.461 e. The Kier molecular flexibility index (Phi) is 3.36. The molecule has 0 radical (unpaired) electrons. The third kappa shape index (κ3) is 2.30. The Morgan fingerprint density at radius 3 is 2.74 bits per heavy atom. The smallest absolute Gasteiger partial charge is 0.134 e. The van der Waals surface area contributed by atoms with Crippen molar-refractivity contribution in [1.82, 2.24) is 5.32 Å². The molecular formula is C17H23NO. The van der Waals surface area contributed by atoms with E-state index in [0.29, 0.717) is 5.41 Å². The summed E-state index contributed by atoms with van der Waals surface area (Å²) >= 11 is 0. The van der Waals surface area contributed by atoms with E-state index in [0.717, 1.165) is 24.4 Å². The fourth-order valence-electron chi connectivity index (χ4n) is 3.23. The van der Waals surface area contributed by atoms with Crippen LogP contribution < -0.4 is 5.32 Å². The second-order valence-corrected chi connectivity index (χ2v) is 5.94. The molecule has 0 bridgehead atoms. The highest BCUT2D eigenvalue weighted by Gasteiger charge is 2.34. The van der Waals surface area contributed by atoms with Crippen molar-refractivity contribution in [1.29, 1.82) is 0 Å². The maximum Gasteiger partial charge on any atom is 0.134 e. The molecule has 2 heteroatoms. The first kappa shape index (κ1) is 12.7. The molecule has 1 heterocycles. The SMILES string of the molecule is CCC1(CNCc2c(C)oc3ccccc23)CCC1. The molecule has 1 aliphatic rings. The van der Waals surface area contributed by atoms with Crippen molar-refractivity contribution in [2.24, 2.45) is 5.41 Å². The number of para-hydroxylation sites is 1. The van der Waals surface area contributed by atoms with Crippen LogP contribution in [0.4, 0.5) is 0 Å². The molecule has 1 saturated carbocycles. The summed E-state index contributed by atoms with van der Waals surface area (Å²) in [6.07, 6.45) is 5.48. The summed E-state index contributed by atoms with van der Waals surface area (Å²) in [5.74, 6) is 1.05. The van der Waals surface area contributed by atoms with Crippen LogP contribution in [0, 0.1) is 12.3 Å². The quantitative estimate of drug-likeness (QED) is 0.858. The monoisotopic (exact) mass is 257 g/mol. The Morgan fingerprint density at radius 1 is 1.26 bits per heavy atom. The second kappa shape index (κ2) is 5.01. The van der Waals surface area contributed by atoms with Gasteiger partial charge < -0.3 is 9.73 Å². The molecule has 1 aliphatic carbocycles. The van der Waals surface area contributed by atoms with Gasteiger partial charge >= 0.3 is 0 Å². The van der Waals surface area contributed by atoms with Gasteiger partial charge in [-0.25, -0.2) is 0 Å². The normalized spacial score (nSPS) is 17.6. The highest BCUT2D eigenvalue weighted by atomic mass is 16.3.